The van der Waals surface area contributed by atoms with Gasteiger partial charge in [0, 0.05) is 12.1 Å². The minimum absolute atomic E-state index is 0.183. The highest BCUT2D eigenvalue weighted by Gasteiger charge is 2.72. The summed E-state index contributed by atoms with van der Waals surface area (Å²) in [5, 5.41) is 35.2. The van der Waals surface area contributed by atoms with E-state index in [9.17, 15) is 43.7 Å². The molecule has 8 atom stereocenters. The van der Waals surface area contributed by atoms with E-state index in [1.807, 2.05) is 0 Å². The van der Waals surface area contributed by atoms with Crippen molar-refractivity contribution in [3.63, 3.8) is 0 Å². The SMILES string of the molecule is C[C@H]1c2ccc(-c3ncc(-c4ccc(F)cc4)s3)c(O)c2C(=O)C2C(=O)[C@]3(O)C(=O)C(C(N)=O)C(=O)[C@@H](N(C)C)[C@@H]3[C@@H](O)[C@@H]21. The van der Waals surface area contributed by atoms with Crippen LogP contribution in [0.2, 0.25) is 0 Å². The Morgan fingerprint density at radius 3 is 2.34 bits per heavy atom. The van der Waals surface area contributed by atoms with Crippen LogP contribution in [-0.4, -0.2) is 86.1 Å². The van der Waals surface area contributed by atoms with Crippen molar-refractivity contribution in [3.8, 4) is 26.8 Å². The summed E-state index contributed by atoms with van der Waals surface area (Å²) in [4.78, 5) is 73.5. The summed E-state index contributed by atoms with van der Waals surface area (Å²) in [5.74, 6) is -14.3. The minimum Gasteiger partial charge on any atom is -0.506 e. The van der Waals surface area contributed by atoms with Crippen molar-refractivity contribution in [3.05, 3.63) is 59.5 Å². The molecule has 5 N–H and O–H groups in total. The van der Waals surface area contributed by atoms with Gasteiger partial charge in [-0.15, -0.1) is 11.3 Å². The number of aliphatic hydroxyl groups excluding tert-OH is 1. The number of hydrogen-bond acceptors (Lipinski definition) is 11. The number of ketones is 4. The van der Waals surface area contributed by atoms with Crippen LogP contribution >= 0.6 is 11.3 Å². The number of phenols is 1. The van der Waals surface area contributed by atoms with Crippen LogP contribution in [0.4, 0.5) is 4.39 Å². The fourth-order valence-corrected chi connectivity index (χ4v) is 8.26. The summed E-state index contributed by atoms with van der Waals surface area (Å²) in [5.41, 5.74) is 3.26. The number of aliphatic hydroxyl groups is 2. The Balaban J connectivity index is 1.46. The fourth-order valence-electron chi connectivity index (χ4n) is 7.31. The predicted molar refractivity (Wildman–Crippen MR) is 154 cm³/mol. The van der Waals surface area contributed by atoms with Gasteiger partial charge in [0.15, 0.2) is 34.7 Å². The summed E-state index contributed by atoms with van der Waals surface area (Å²) < 4.78 is 13.4. The molecule has 1 heterocycles. The molecule has 1 aromatic heterocycles. The molecular formula is C31H28FN3O8S. The Hall–Kier alpha value is -4.17. The fraction of sp³-hybridized carbons (Fsp3) is 0.355. The number of thiazole rings is 1. The first-order valence-electron chi connectivity index (χ1n) is 13.8. The van der Waals surface area contributed by atoms with Gasteiger partial charge in [0.2, 0.25) is 5.91 Å². The second kappa shape index (κ2) is 10.2. The first kappa shape index (κ1) is 29.9. The van der Waals surface area contributed by atoms with Crippen LogP contribution < -0.4 is 5.73 Å². The summed E-state index contributed by atoms with van der Waals surface area (Å²) in [6.45, 7) is 1.64. The first-order valence-corrected chi connectivity index (χ1v) is 14.6. The zero-order chi connectivity index (χ0) is 32.0. The molecule has 0 radical (unpaired) electrons. The first-order chi connectivity index (χ1) is 20.7. The predicted octanol–water partition coefficient (Wildman–Crippen LogP) is 1.33. The monoisotopic (exact) mass is 621 g/mol. The quantitative estimate of drug-likeness (QED) is 0.310. The standard InChI is InChI=1S/C31H28FN3O8S/c1-11-14-8-9-15(30-34-10-16(44-30)12-4-6-13(32)7-5-12)23(36)18(14)24(37)19-17(11)25(38)21-22(35(2)3)26(39)20(29(33)42)28(41)31(21,43)27(19)40/h4-11,17,19-22,25,36,38,43H,1-3H3,(H2,33,42)/t11-,17+,19?,20?,21+,22-,25-,31-/m0/s1. The number of carbonyl (C=O) groups excluding carboxylic acids is 5. The number of fused-ring (bicyclic) bond motifs is 3. The molecule has 2 aromatic carbocycles. The molecule has 2 fully saturated rings. The van der Waals surface area contributed by atoms with E-state index >= 15 is 0 Å². The van der Waals surface area contributed by atoms with Gasteiger partial charge in [-0.25, -0.2) is 9.37 Å². The molecule has 6 rings (SSSR count). The van der Waals surface area contributed by atoms with Gasteiger partial charge in [-0.1, -0.05) is 25.1 Å². The van der Waals surface area contributed by atoms with Gasteiger partial charge in [-0.2, -0.15) is 0 Å². The normalized spacial score (nSPS) is 31.5. The van der Waals surface area contributed by atoms with E-state index in [0.29, 0.717) is 21.0 Å². The molecular weight excluding hydrogens is 593 g/mol. The van der Waals surface area contributed by atoms with Gasteiger partial charge in [0.25, 0.3) is 0 Å². The second-order valence-electron chi connectivity index (χ2n) is 11.8. The molecule has 3 aliphatic rings. The lowest BCUT2D eigenvalue weighted by atomic mass is 9.49. The van der Waals surface area contributed by atoms with Crippen molar-refractivity contribution in [1.29, 1.82) is 0 Å². The number of hydrogen-bond donors (Lipinski definition) is 4. The number of Topliss-reactive ketones (excluding diaryl/α,β-unsaturated/α-hetero) is 4. The van der Waals surface area contributed by atoms with E-state index < -0.39 is 87.9 Å². The maximum Gasteiger partial charge on any atom is 0.235 e. The second-order valence-corrected chi connectivity index (χ2v) is 12.9. The van der Waals surface area contributed by atoms with Crippen molar-refractivity contribution in [2.75, 3.05) is 14.1 Å². The number of amides is 1. The molecule has 2 saturated carbocycles. The highest BCUT2D eigenvalue weighted by atomic mass is 32.1. The number of nitrogens with zero attached hydrogens (tertiary/aromatic N) is 2. The number of likely N-dealkylation sites (N-methyl/N-ethyl adjacent to an activating group) is 1. The summed E-state index contributed by atoms with van der Waals surface area (Å²) in [6.07, 6.45) is -0.168. The van der Waals surface area contributed by atoms with E-state index in [-0.39, 0.29) is 11.1 Å². The van der Waals surface area contributed by atoms with Crippen molar-refractivity contribution in [2.45, 2.75) is 30.6 Å². The molecule has 1 amide bonds. The van der Waals surface area contributed by atoms with Gasteiger partial charge in [0.1, 0.15) is 16.6 Å². The smallest absolute Gasteiger partial charge is 0.235 e. The van der Waals surface area contributed by atoms with E-state index in [1.165, 1.54) is 48.7 Å². The highest BCUT2D eigenvalue weighted by Crippen LogP contribution is 2.55. The topological polar surface area (TPSA) is 188 Å². The number of aromatic nitrogens is 1. The van der Waals surface area contributed by atoms with Crippen LogP contribution in [0.25, 0.3) is 21.0 Å². The van der Waals surface area contributed by atoms with Gasteiger partial charge in [0.05, 0.1) is 40.0 Å². The Morgan fingerprint density at radius 1 is 1.07 bits per heavy atom. The Kier molecular flexibility index (Phi) is 6.92. The third kappa shape index (κ3) is 3.96. The van der Waals surface area contributed by atoms with Gasteiger partial charge in [-0.3, -0.25) is 28.9 Å². The largest absolute Gasteiger partial charge is 0.506 e. The minimum atomic E-state index is -3.07. The van der Waals surface area contributed by atoms with Crippen LogP contribution in [0.1, 0.15) is 28.8 Å². The molecule has 0 spiro atoms. The number of benzene rings is 2. The number of carbonyl (C=O) groups is 5. The molecule has 3 aliphatic carbocycles. The molecule has 44 heavy (non-hydrogen) atoms. The maximum absolute atomic E-state index is 14.1. The van der Waals surface area contributed by atoms with E-state index in [4.69, 9.17) is 5.73 Å². The molecule has 11 nitrogen and oxygen atoms in total. The lowest BCUT2D eigenvalue weighted by molar-refractivity contribution is -0.196. The molecule has 0 saturated heterocycles. The molecule has 3 aromatic rings. The van der Waals surface area contributed by atoms with E-state index in [2.05, 4.69) is 4.98 Å². The van der Waals surface area contributed by atoms with E-state index in [1.54, 1.807) is 31.2 Å². The molecule has 228 valence electrons. The lowest BCUT2D eigenvalue weighted by Crippen LogP contribution is -2.77. The van der Waals surface area contributed by atoms with Crippen LogP contribution in [-0.2, 0) is 19.2 Å². The third-order valence-electron chi connectivity index (χ3n) is 9.35. The number of phenolic OH excluding ortho intramolecular Hbond substituents is 1. The number of aromatic hydroxyl groups is 1. The Labute approximate surface area is 254 Å². The van der Waals surface area contributed by atoms with Gasteiger partial charge in [-0.05, 0) is 49.3 Å². The van der Waals surface area contributed by atoms with Crippen LogP contribution in [0.5, 0.6) is 5.75 Å². The Bertz CT molecular complexity index is 1770. The lowest BCUT2D eigenvalue weighted by Gasteiger charge is -2.56. The molecule has 0 bridgehead atoms. The van der Waals surface area contributed by atoms with Crippen molar-refractivity contribution >= 4 is 40.4 Å². The molecule has 2 unspecified atom stereocenters. The van der Waals surface area contributed by atoms with Crippen LogP contribution in [0, 0.1) is 29.5 Å². The summed E-state index contributed by atoms with van der Waals surface area (Å²) in [6, 6.07) is 7.47. The van der Waals surface area contributed by atoms with Gasteiger partial charge < -0.3 is 21.1 Å². The average Bonchev–Trinajstić information content (AvgIpc) is 3.45. The third-order valence-corrected chi connectivity index (χ3v) is 10.4. The number of primary amides is 1. The zero-order valence-corrected chi connectivity index (χ0v) is 24.5. The Morgan fingerprint density at radius 2 is 1.73 bits per heavy atom. The van der Waals surface area contributed by atoms with Crippen LogP contribution in [0.3, 0.4) is 0 Å². The van der Waals surface area contributed by atoms with Crippen molar-refractivity contribution < 1.29 is 43.7 Å². The van der Waals surface area contributed by atoms with Crippen molar-refractivity contribution in [2.24, 2.45) is 29.4 Å². The highest BCUT2D eigenvalue weighted by molar-refractivity contribution is 7.18. The number of rotatable bonds is 4. The maximum atomic E-state index is 14.1. The number of nitrogens with two attached hydrogens (primary N) is 1. The number of halogens is 1. The van der Waals surface area contributed by atoms with Crippen molar-refractivity contribution in [1.82, 2.24) is 9.88 Å². The zero-order valence-electron chi connectivity index (χ0n) is 23.7. The summed E-state index contributed by atoms with van der Waals surface area (Å²) >= 11 is 1.18. The van der Waals surface area contributed by atoms with E-state index in [0.717, 1.165) is 0 Å². The van der Waals surface area contributed by atoms with Gasteiger partial charge >= 0.3 is 0 Å². The molecule has 0 aliphatic heterocycles. The summed E-state index contributed by atoms with van der Waals surface area (Å²) in [7, 11) is 2.87. The molecule has 13 heteroatoms. The van der Waals surface area contributed by atoms with Crippen LogP contribution in [0.15, 0.2) is 42.6 Å². The average molecular weight is 622 g/mol.